The molecule has 1 aromatic heterocycles. The molecule has 0 atom stereocenters. The van der Waals surface area contributed by atoms with Crippen molar-refractivity contribution in [2.45, 2.75) is 18.8 Å². The van der Waals surface area contributed by atoms with Gasteiger partial charge >= 0.3 is 0 Å². The van der Waals surface area contributed by atoms with E-state index in [9.17, 15) is 4.79 Å². The highest BCUT2D eigenvalue weighted by Crippen LogP contribution is 2.36. The van der Waals surface area contributed by atoms with Crippen LogP contribution in [0.25, 0.3) is 10.6 Å². The van der Waals surface area contributed by atoms with Gasteiger partial charge in [0.05, 0.1) is 39.1 Å². The zero-order valence-electron chi connectivity index (χ0n) is 19.0. The van der Waals surface area contributed by atoms with E-state index in [-0.39, 0.29) is 5.91 Å². The van der Waals surface area contributed by atoms with Crippen molar-refractivity contribution >= 4 is 22.9 Å². The fraction of sp³-hybridized carbons (Fsp3) is 0.375. The summed E-state index contributed by atoms with van der Waals surface area (Å²) in [6, 6.07) is 13.2. The van der Waals surface area contributed by atoms with Crippen molar-refractivity contribution in [3.05, 3.63) is 47.5 Å². The van der Waals surface area contributed by atoms with Gasteiger partial charge < -0.3 is 19.5 Å². The molecule has 1 amide bonds. The lowest BCUT2D eigenvalue weighted by atomic mass is 9.98. The predicted octanol–water partition coefficient (Wildman–Crippen LogP) is 4.05. The van der Waals surface area contributed by atoms with Gasteiger partial charge in [-0.3, -0.25) is 9.69 Å². The Balaban J connectivity index is 1.32. The van der Waals surface area contributed by atoms with Crippen LogP contribution >= 0.6 is 11.3 Å². The van der Waals surface area contributed by atoms with Crippen LogP contribution in [0.4, 0.5) is 5.69 Å². The third kappa shape index (κ3) is 5.43. The lowest BCUT2D eigenvalue weighted by molar-refractivity contribution is -0.117. The maximum atomic E-state index is 12.6. The molecule has 33 heavy (non-hydrogen) atoms. The van der Waals surface area contributed by atoms with Crippen LogP contribution in [0, 0.1) is 0 Å². The molecule has 8 nitrogen and oxygen atoms in total. The molecule has 1 fully saturated rings. The monoisotopic (exact) mass is 468 g/mol. The van der Waals surface area contributed by atoms with E-state index in [0.717, 1.165) is 47.3 Å². The number of amides is 1. The van der Waals surface area contributed by atoms with Crippen LogP contribution in [0.5, 0.6) is 17.2 Å². The molecular formula is C24H28N4O4S. The number of piperidine rings is 1. The molecule has 0 radical (unpaired) electrons. The Hall–Kier alpha value is -3.17. The normalized spacial score (nSPS) is 14.6. The zero-order chi connectivity index (χ0) is 23.2. The van der Waals surface area contributed by atoms with Crippen molar-refractivity contribution in [1.29, 1.82) is 0 Å². The molecule has 1 aliphatic rings. The first kappa shape index (κ1) is 23.0. The molecule has 1 saturated heterocycles. The number of hydrogen-bond acceptors (Lipinski definition) is 8. The zero-order valence-corrected chi connectivity index (χ0v) is 19.9. The highest BCUT2D eigenvalue weighted by atomic mass is 32.1. The van der Waals surface area contributed by atoms with E-state index in [4.69, 9.17) is 14.2 Å². The number of benzene rings is 2. The van der Waals surface area contributed by atoms with Crippen molar-refractivity contribution in [2.24, 2.45) is 0 Å². The largest absolute Gasteiger partial charge is 0.497 e. The quantitative estimate of drug-likeness (QED) is 0.534. The average molecular weight is 469 g/mol. The van der Waals surface area contributed by atoms with Crippen LogP contribution in [-0.2, 0) is 4.79 Å². The van der Waals surface area contributed by atoms with Crippen molar-refractivity contribution in [3.8, 4) is 27.8 Å². The summed E-state index contributed by atoms with van der Waals surface area (Å²) in [6.45, 7) is 2.01. The summed E-state index contributed by atoms with van der Waals surface area (Å²) in [7, 11) is 4.83. The highest BCUT2D eigenvalue weighted by molar-refractivity contribution is 7.14. The number of hydrogen-bond donors (Lipinski definition) is 1. The maximum absolute atomic E-state index is 12.6. The van der Waals surface area contributed by atoms with Gasteiger partial charge in [-0.25, -0.2) is 0 Å². The van der Waals surface area contributed by atoms with E-state index < -0.39 is 0 Å². The average Bonchev–Trinajstić information content (AvgIpc) is 3.35. The minimum Gasteiger partial charge on any atom is -0.497 e. The van der Waals surface area contributed by atoms with Gasteiger partial charge in [-0.05, 0) is 50.2 Å². The number of ether oxygens (including phenoxy) is 3. The van der Waals surface area contributed by atoms with Gasteiger partial charge in [-0.15, -0.1) is 10.2 Å². The molecule has 0 saturated carbocycles. The molecule has 0 spiro atoms. The Morgan fingerprint density at radius 2 is 1.79 bits per heavy atom. The summed E-state index contributed by atoms with van der Waals surface area (Å²) in [5.74, 6) is 2.34. The first-order valence-electron chi connectivity index (χ1n) is 10.8. The number of para-hydroxylation sites is 1. The summed E-state index contributed by atoms with van der Waals surface area (Å²) in [6.07, 6.45) is 1.89. The number of carbonyl (C=O) groups excluding carboxylic acids is 1. The first-order chi connectivity index (χ1) is 16.1. The second-order valence-corrected chi connectivity index (χ2v) is 8.82. The second-order valence-electron chi connectivity index (χ2n) is 7.81. The fourth-order valence-electron chi connectivity index (χ4n) is 3.96. The van der Waals surface area contributed by atoms with Crippen LogP contribution in [-0.4, -0.2) is 62.0 Å². The summed E-state index contributed by atoms with van der Waals surface area (Å²) >= 11 is 1.62. The first-order valence-corrected chi connectivity index (χ1v) is 11.6. The Kier molecular flexibility index (Phi) is 7.41. The lowest BCUT2D eigenvalue weighted by Gasteiger charge is -2.30. The van der Waals surface area contributed by atoms with Crippen LogP contribution in [0.1, 0.15) is 23.8 Å². The van der Waals surface area contributed by atoms with Crippen LogP contribution in [0.3, 0.4) is 0 Å². The Labute approximate surface area is 197 Å². The number of rotatable bonds is 8. The van der Waals surface area contributed by atoms with Crippen molar-refractivity contribution in [1.82, 2.24) is 15.1 Å². The summed E-state index contributed by atoms with van der Waals surface area (Å²) in [5.41, 5.74) is 1.60. The van der Waals surface area contributed by atoms with E-state index in [1.165, 1.54) is 0 Å². The van der Waals surface area contributed by atoms with Gasteiger partial charge in [0.1, 0.15) is 22.3 Å². The third-order valence-electron chi connectivity index (χ3n) is 5.76. The fourth-order valence-corrected chi connectivity index (χ4v) is 5.00. The highest BCUT2D eigenvalue weighted by Gasteiger charge is 2.25. The molecule has 0 bridgehead atoms. The van der Waals surface area contributed by atoms with E-state index in [0.29, 0.717) is 29.6 Å². The number of aromatic nitrogens is 2. The molecule has 4 rings (SSSR count). The topological polar surface area (TPSA) is 85.8 Å². The van der Waals surface area contributed by atoms with Crippen molar-refractivity contribution in [3.63, 3.8) is 0 Å². The molecule has 0 unspecified atom stereocenters. The van der Waals surface area contributed by atoms with Gasteiger partial charge in [-0.1, -0.05) is 23.5 Å². The standard InChI is InChI=1S/C24H28N4O4S/c1-30-17-8-9-19(21(14-17)32-3)25-22(29)15-28-12-10-16(11-13-28)23-26-27-24(33-23)18-6-4-5-7-20(18)31-2/h4-9,14,16H,10-13,15H2,1-3H3,(H,25,29). The molecule has 0 aliphatic carbocycles. The van der Waals surface area contributed by atoms with E-state index in [1.54, 1.807) is 50.9 Å². The smallest absolute Gasteiger partial charge is 0.238 e. The minimum atomic E-state index is -0.0636. The van der Waals surface area contributed by atoms with Crippen LogP contribution in [0.15, 0.2) is 42.5 Å². The molecule has 9 heteroatoms. The van der Waals surface area contributed by atoms with E-state index in [2.05, 4.69) is 20.4 Å². The summed E-state index contributed by atoms with van der Waals surface area (Å²) < 4.78 is 16.0. The Bertz CT molecular complexity index is 1100. The molecule has 1 N–H and O–H groups in total. The predicted molar refractivity (Wildman–Crippen MR) is 128 cm³/mol. The van der Waals surface area contributed by atoms with Crippen LogP contribution < -0.4 is 19.5 Å². The van der Waals surface area contributed by atoms with E-state index in [1.807, 2.05) is 24.3 Å². The number of anilines is 1. The summed E-state index contributed by atoms with van der Waals surface area (Å²) in [5, 5.41) is 13.7. The minimum absolute atomic E-state index is 0.0636. The molecule has 2 heterocycles. The maximum Gasteiger partial charge on any atom is 0.238 e. The van der Waals surface area contributed by atoms with Gasteiger partial charge in [0, 0.05) is 12.0 Å². The molecule has 1 aliphatic heterocycles. The molecular weight excluding hydrogens is 440 g/mol. The van der Waals surface area contributed by atoms with Gasteiger partial charge in [-0.2, -0.15) is 0 Å². The second kappa shape index (κ2) is 10.6. The van der Waals surface area contributed by atoms with Gasteiger partial charge in [0.15, 0.2) is 5.01 Å². The lowest BCUT2D eigenvalue weighted by Crippen LogP contribution is -2.38. The number of methoxy groups -OCH3 is 3. The third-order valence-corrected chi connectivity index (χ3v) is 6.88. The van der Waals surface area contributed by atoms with Gasteiger partial charge in [0.2, 0.25) is 5.91 Å². The SMILES string of the molecule is COc1ccc(NC(=O)CN2CCC(c3nnc(-c4ccccc4OC)s3)CC2)c(OC)c1. The Morgan fingerprint density at radius 3 is 2.52 bits per heavy atom. The number of carbonyl (C=O) groups is 1. The van der Waals surface area contributed by atoms with E-state index >= 15 is 0 Å². The summed E-state index contributed by atoms with van der Waals surface area (Å²) in [4.78, 5) is 14.8. The number of nitrogens with one attached hydrogen (secondary N) is 1. The van der Waals surface area contributed by atoms with Crippen molar-refractivity contribution < 1.29 is 19.0 Å². The molecule has 3 aromatic rings. The van der Waals surface area contributed by atoms with Crippen molar-refractivity contribution in [2.75, 3.05) is 46.3 Å². The molecule has 2 aromatic carbocycles. The Morgan fingerprint density at radius 1 is 1.03 bits per heavy atom. The van der Waals surface area contributed by atoms with Crippen LogP contribution in [0.2, 0.25) is 0 Å². The number of nitrogens with zero attached hydrogens (tertiary/aromatic N) is 3. The number of likely N-dealkylation sites (tertiary alicyclic amines) is 1. The van der Waals surface area contributed by atoms with Gasteiger partial charge in [0.25, 0.3) is 0 Å². The molecule has 174 valence electrons.